The van der Waals surface area contributed by atoms with Gasteiger partial charge in [-0.05, 0) is 48.1 Å². The van der Waals surface area contributed by atoms with Crippen LogP contribution in [0.3, 0.4) is 0 Å². The van der Waals surface area contributed by atoms with Gasteiger partial charge >= 0.3 is 11.8 Å². The molecule has 0 amide bonds. The molecule has 3 aromatic rings. The maximum Gasteiger partial charge on any atom is 0.416 e. The van der Waals surface area contributed by atoms with Gasteiger partial charge in [0, 0.05) is 12.0 Å². The van der Waals surface area contributed by atoms with E-state index in [2.05, 4.69) is 0 Å². The van der Waals surface area contributed by atoms with Crippen molar-refractivity contribution < 1.29 is 22.7 Å². The van der Waals surface area contributed by atoms with Gasteiger partial charge in [-0.3, -0.25) is 0 Å². The fourth-order valence-electron chi connectivity index (χ4n) is 3.64. The smallest absolute Gasteiger partial charge is 0.416 e. The van der Waals surface area contributed by atoms with Crippen LogP contribution in [0.5, 0.6) is 5.75 Å². The first-order valence-electron chi connectivity index (χ1n) is 9.60. The van der Waals surface area contributed by atoms with Gasteiger partial charge in [-0.15, -0.1) is 0 Å². The van der Waals surface area contributed by atoms with E-state index in [1.807, 2.05) is 30.3 Å². The Kier molecular flexibility index (Phi) is 5.24. The second-order valence-corrected chi connectivity index (χ2v) is 7.42. The van der Waals surface area contributed by atoms with Crippen molar-refractivity contribution in [3.63, 3.8) is 0 Å². The van der Waals surface area contributed by atoms with Crippen molar-refractivity contribution in [2.75, 3.05) is 0 Å². The van der Waals surface area contributed by atoms with Crippen LogP contribution in [0.4, 0.5) is 13.2 Å². The minimum absolute atomic E-state index is 0.0706. The molecule has 1 saturated carbocycles. The molecule has 1 unspecified atom stereocenters. The molecule has 3 nitrogen and oxygen atoms in total. The third kappa shape index (κ3) is 4.32. The number of benzene rings is 2. The Morgan fingerprint density at radius 1 is 1.00 bits per heavy atom. The normalized spacial score (nSPS) is 15.4. The van der Waals surface area contributed by atoms with Crippen LogP contribution in [-0.4, -0.2) is 5.11 Å². The molecule has 4 rings (SSSR count). The highest BCUT2D eigenvalue weighted by Gasteiger charge is 2.37. The predicted molar refractivity (Wildman–Crippen MR) is 108 cm³/mol. The summed E-state index contributed by atoms with van der Waals surface area (Å²) in [6.07, 6.45) is 0.272. The predicted octanol–water partition coefficient (Wildman–Crippen LogP) is 6.08. The summed E-state index contributed by atoms with van der Waals surface area (Å²) in [5, 5.41) is 10.6. The molecular formula is C24H19F3O3. The van der Waals surface area contributed by atoms with Crippen molar-refractivity contribution in [2.24, 2.45) is 5.92 Å². The molecule has 6 heteroatoms. The van der Waals surface area contributed by atoms with E-state index >= 15 is 0 Å². The maximum atomic E-state index is 12.9. The fourth-order valence-corrected chi connectivity index (χ4v) is 3.64. The van der Waals surface area contributed by atoms with Crippen LogP contribution in [0, 0.1) is 5.92 Å². The van der Waals surface area contributed by atoms with Crippen LogP contribution in [-0.2, 0) is 6.18 Å². The summed E-state index contributed by atoms with van der Waals surface area (Å²) in [4.78, 5) is 12.7. The SMILES string of the molecule is O=c1oc(C=Cc2cccc(C(F)(F)F)c2)cc(O)c1C(c1ccccc1)C1CC1. The maximum absolute atomic E-state index is 12.9. The molecule has 2 aromatic carbocycles. The third-order valence-electron chi connectivity index (χ3n) is 5.20. The van der Waals surface area contributed by atoms with Crippen LogP contribution in [0.25, 0.3) is 12.2 Å². The van der Waals surface area contributed by atoms with E-state index in [0.29, 0.717) is 5.56 Å². The number of halogens is 3. The standard InChI is InChI=1S/C24H19F3O3/c25-24(26,27)18-8-4-5-15(13-18)9-12-19-14-20(28)22(23(29)30-19)21(17-10-11-17)16-6-2-1-3-7-16/h1-9,12-14,17,21,28H,10-11H2. The van der Waals surface area contributed by atoms with Crippen molar-refractivity contribution in [1.82, 2.24) is 0 Å². The number of aromatic hydroxyl groups is 1. The molecule has 30 heavy (non-hydrogen) atoms. The number of hydrogen-bond acceptors (Lipinski definition) is 3. The molecule has 1 aromatic heterocycles. The molecular weight excluding hydrogens is 393 g/mol. The Morgan fingerprint density at radius 2 is 1.73 bits per heavy atom. The topological polar surface area (TPSA) is 50.4 Å². The van der Waals surface area contributed by atoms with E-state index in [0.717, 1.165) is 30.5 Å². The molecule has 1 aliphatic carbocycles. The van der Waals surface area contributed by atoms with E-state index in [-0.39, 0.29) is 28.9 Å². The quantitative estimate of drug-likeness (QED) is 0.553. The van der Waals surface area contributed by atoms with Crippen molar-refractivity contribution >= 4 is 12.2 Å². The lowest BCUT2D eigenvalue weighted by Crippen LogP contribution is -2.16. The van der Waals surface area contributed by atoms with Crippen molar-refractivity contribution in [3.05, 3.63) is 99.1 Å². The van der Waals surface area contributed by atoms with Gasteiger partial charge in [0.15, 0.2) is 0 Å². The first kappa shape index (κ1) is 20.0. The Balaban J connectivity index is 1.65. The van der Waals surface area contributed by atoms with Gasteiger partial charge in [-0.1, -0.05) is 48.5 Å². The van der Waals surface area contributed by atoms with Crippen LogP contribution in [0.15, 0.2) is 69.9 Å². The lowest BCUT2D eigenvalue weighted by Gasteiger charge is -2.17. The first-order chi connectivity index (χ1) is 14.3. The highest BCUT2D eigenvalue weighted by Crippen LogP contribution is 2.47. The Labute approximate surface area is 171 Å². The Hall–Kier alpha value is -3.28. The van der Waals surface area contributed by atoms with Crippen LogP contribution in [0.1, 0.15) is 46.8 Å². The van der Waals surface area contributed by atoms with Gasteiger partial charge in [-0.25, -0.2) is 4.79 Å². The summed E-state index contributed by atoms with van der Waals surface area (Å²) in [7, 11) is 0. The summed E-state index contributed by atoms with van der Waals surface area (Å²) in [6.45, 7) is 0. The number of rotatable bonds is 5. The molecule has 0 spiro atoms. The highest BCUT2D eigenvalue weighted by atomic mass is 19.4. The molecule has 0 bridgehead atoms. The second-order valence-electron chi connectivity index (χ2n) is 7.42. The van der Waals surface area contributed by atoms with E-state index < -0.39 is 17.4 Å². The van der Waals surface area contributed by atoms with Crippen molar-refractivity contribution in [3.8, 4) is 5.75 Å². The molecule has 1 fully saturated rings. The van der Waals surface area contributed by atoms with Crippen molar-refractivity contribution in [2.45, 2.75) is 24.9 Å². The third-order valence-corrected chi connectivity index (χ3v) is 5.20. The summed E-state index contributed by atoms with van der Waals surface area (Å²) in [6, 6.07) is 15.6. The van der Waals surface area contributed by atoms with Crippen molar-refractivity contribution in [1.29, 1.82) is 0 Å². The molecule has 1 aliphatic rings. The summed E-state index contributed by atoms with van der Waals surface area (Å²) in [5.74, 6) is -0.0754. The minimum Gasteiger partial charge on any atom is -0.507 e. The van der Waals surface area contributed by atoms with Gasteiger partial charge in [-0.2, -0.15) is 13.2 Å². The van der Waals surface area contributed by atoms with Gasteiger partial charge in [0.05, 0.1) is 11.1 Å². The molecule has 1 N–H and O–H groups in total. The second kappa shape index (κ2) is 7.86. The van der Waals surface area contributed by atoms with E-state index in [1.165, 1.54) is 30.4 Å². The van der Waals surface area contributed by atoms with Gasteiger partial charge in [0.1, 0.15) is 11.5 Å². The zero-order chi connectivity index (χ0) is 21.3. The van der Waals surface area contributed by atoms with Gasteiger partial charge in [0.25, 0.3) is 0 Å². The van der Waals surface area contributed by atoms with E-state index in [1.54, 1.807) is 0 Å². The summed E-state index contributed by atoms with van der Waals surface area (Å²) < 4.78 is 43.9. The zero-order valence-electron chi connectivity index (χ0n) is 15.9. The lowest BCUT2D eigenvalue weighted by atomic mass is 9.87. The van der Waals surface area contributed by atoms with Gasteiger partial charge < -0.3 is 9.52 Å². The average Bonchev–Trinajstić information content (AvgIpc) is 3.54. The van der Waals surface area contributed by atoms with E-state index in [4.69, 9.17) is 4.42 Å². The van der Waals surface area contributed by atoms with Crippen LogP contribution in [0.2, 0.25) is 0 Å². The highest BCUT2D eigenvalue weighted by molar-refractivity contribution is 5.68. The molecule has 1 atom stereocenters. The minimum atomic E-state index is -4.44. The fraction of sp³-hybridized carbons (Fsp3) is 0.208. The first-order valence-corrected chi connectivity index (χ1v) is 9.60. The Bertz CT molecular complexity index is 1130. The van der Waals surface area contributed by atoms with Crippen LogP contribution < -0.4 is 5.63 Å². The summed E-state index contributed by atoms with van der Waals surface area (Å²) >= 11 is 0. The lowest BCUT2D eigenvalue weighted by molar-refractivity contribution is -0.137. The molecule has 0 radical (unpaired) electrons. The van der Waals surface area contributed by atoms with Gasteiger partial charge in [0.2, 0.25) is 0 Å². The average molecular weight is 412 g/mol. The zero-order valence-corrected chi connectivity index (χ0v) is 15.9. The molecule has 0 saturated heterocycles. The molecule has 154 valence electrons. The largest absolute Gasteiger partial charge is 0.507 e. The molecule has 1 heterocycles. The monoisotopic (exact) mass is 412 g/mol. The summed E-state index contributed by atoms with van der Waals surface area (Å²) in [5.41, 5.74) is 0.0600. The number of hydrogen-bond donors (Lipinski definition) is 1. The number of alkyl halides is 3. The van der Waals surface area contributed by atoms with Crippen LogP contribution >= 0.6 is 0 Å². The van der Waals surface area contributed by atoms with E-state index in [9.17, 15) is 23.1 Å². The molecule has 0 aliphatic heterocycles. The Morgan fingerprint density at radius 3 is 2.37 bits per heavy atom.